The van der Waals surface area contributed by atoms with Crippen LogP contribution in [0.4, 0.5) is 10.2 Å². The smallest absolute Gasteiger partial charge is 0.303 e. The van der Waals surface area contributed by atoms with Gasteiger partial charge in [0.05, 0.1) is 0 Å². The number of hydroxylamine groups is 1. The standard InChI is InChI=1S/C20H23FN4O2/c1-14-2-4-15(5-3-14)12-25-9-8-17(13-25)23-19-7-6-16(11-22-19)10-18(21)20(26)24-27/h2-7,10-11,17,27H,8-9,12-13H2,1H3,(H,22,23)(H,24,26)/t17-/m1/s1. The average Bonchev–Trinajstić information content (AvgIpc) is 3.11. The van der Waals surface area contributed by atoms with Gasteiger partial charge < -0.3 is 5.32 Å². The van der Waals surface area contributed by atoms with E-state index in [4.69, 9.17) is 5.21 Å². The Morgan fingerprint density at radius 1 is 1.33 bits per heavy atom. The predicted molar refractivity (Wildman–Crippen MR) is 102 cm³/mol. The Morgan fingerprint density at radius 2 is 2.11 bits per heavy atom. The molecule has 1 aromatic heterocycles. The van der Waals surface area contributed by atoms with Crippen LogP contribution in [-0.4, -0.2) is 40.1 Å². The summed E-state index contributed by atoms with van der Waals surface area (Å²) >= 11 is 0. The summed E-state index contributed by atoms with van der Waals surface area (Å²) in [4.78, 5) is 17.6. The van der Waals surface area contributed by atoms with Crippen LogP contribution in [0.15, 0.2) is 48.4 Å². The minimum Gasteiger partial charge on any atom is -0.366 e. The molecule has 1 aromatic carbocycles. The highest BCUT2D eigenvalue weighted by molar-refractivity contribution is 5.94. The number of likely N-dealkylation sites (tertiary alicyclic amines) is 1. The summed E-state index contributed by atoms with van der Waals surface area (Å²) in [6.45, 7) is 4.97. The Bertz CT molecular complexity index is 806. The number of halogens is 1. The summed E-state index contributed by atoms with van der Waals surface area (Å²) in [5.74, 6) is -1.55. The van der Waals surface area contributed by atoms with Crippen molar-refractivity contribution in [1.82, 2.24) is 15.4 Å². The number of pyridine rings is 1. The van der Waals surface area contributed by atoms with Gasteiger partial charge in [-0.05, 0) is 42.7 Å². The molecule has 0 saturated carbocycles. The number of aromatic nitrogens is 1. The summed E-state index contributed by atoms with van der Waals surface area (Å²) in [6, 6.07) is 12.3. The summed E-state index contributed by atoms with van der Waals surface area (Å²) < 4.78 is 13.4. The first-order chi connectivity index (χ1) is 13.0. The molecule has 2 aromatic rings. The first-order valence-corrected chi connectivity index (χ1v) is 8.85. The number of amides is 1. The molecule has 1 aliphatic heterocycles. The van der Waals surface area contributed by atoms with Gasteiger partial charge in [-0.1, -0.05) is 29.8 Å². The molecule has 3 N–H and O–H groups in total. The highest BCUT2D eigenvalue weighted by Crippen LogP contribution is 2.18. The van der Waals surface area contributed by atoms with Crippen molar-refractivity contribution in [2.75, 3.05) is 18.4 Å². The van der Waals surface area contributed by atoms with E-state index in [9.17, 15) is 9.18 Å². The molecule has 0 spiro atoms. The van der Waals surface area contributed by atoms with Gasteiger partial charge in [-0.15, -0.1) is 0 Å². The van der Waals surface area contributed by atoms with Crippen LogP contribution in [0, 0.1) is 6.92 Å². The molecule has 0 aliphatic carbocycles. The van der Waals surface area contributed by atoms with Gasteiger partial charge in [0.25, 0.3) is 0 Å². The van der Waals surface area contributed by atoms with Crippen LogP contribution >= 0.6 is 0 Å². The minimum absolute atomic E-state index is 0.307. The van der Waals surface area contributed by atoms with Gasteiger partial charge in [0.15, 0.2) is 5.83 Å². The second kappa shape index (κ2) is 8.75. The molecule has 3 rings (SSSR count). The Balaban J connectivity index is 1.52. The van der Waals surface area contributed by atoms with Gasteiger partial charge in [-0.25, -0.2) is 14.9 Å². The molecule has 142 valence electrons. The number of nitrogens with one attached hydrogen (secondary N) is 2. The van der Waals surface area contributed by atoms with Gasteiger partial charge in [0.2, 0.25) is 0 Å². The number of rotatable bonds is 6. The zero-order valence-electron chi connectivity index (χ0n) is 15.2. The minimum atomic E-state index is -1.18. The topological polar surface area (TPSA) is 77.5 Å². The second-order valence-electron chi connectivity index (χ2n) is 6.76. The van der Waals surface area contributed by atoms with E-state index in [2.05, 4.69) is 46.4 Å². The highest BCUT2D eigenvalue weighted by atomic mass is 19.1. The molecule has 0 unspecified atom stereocenters. The molecular formula is C20H23FN4O2. The van der Waals surface area contributed by atoms with Crippen molar-refractivity contribution in [3.05, 3.63) is 65.1 Å². The molecule has 1 aliphatic rings. The molecule has 1 saturated heterocycles. The van der Waals surface area contributed by atoms with E-state index in [0.29, 0.717) is 17.4 Å². The Morgan fingerprint density at radius 3 is 2.78 bits per heavy atom. The van der Waals surface area contributed by atoms with Crippen LogP contribution in [0.3, 0.4) is 0 Å². The van der Waals surface area contributed by atoms with Crippen LogP contribution in [0.1, 0.15) is 23.1 Å². The molecule has 0 bridgehead atoms. The van der Waals surface area contributed by atoms with Gasteiger partial charge >= 0.3 is 5.91 Å². The van der Waals surface area contributed by atoms with Gasteiger partial charge in [0.1, 0.15) is 5.82 Å². The lowest BCUT2D eigenvalue weighted by molar-refractivity contribution is -0.126. The summed E-state index contributed by atoms with van der Waals surface area (Å²) in [6.07, 6.45) is 3.52. The Kier molecular flexibility index (Phi) is 6.16. The number of nitrogens with zero attached hydrogens (tertiary/aromatic N) is 2. The predicted octanol–water partition coefficient (Wildman–Crippen LogP) is 2.89. The first kappa shape index (κ1) is 19.0. The maximum absolute atomic E-state index is 13.4. The number of aryl methyl sites for hydroxylation is 1. The van der Waals surface area contributed by atoms with Crippen LogP contribution < -0.4 is 10.8 Å². The Hall–Kier alpha value is -2.77. The second-order valence-corrected chi connectivity index (χ2v) is 6.76. The van der Waals surface area contributed by atoms with Crippen molar-refractivity contribution in [3.8, 4) is 0 Å². The lowest BCUT2D eigenvalue weighted by atomic mass is 10.1. The van der Waals surface area contributed by atoms with E-state index in [1.807, 2.05) is 0 Å². The van der Waals surface area contributed by atoms with E-state index >= 15 is 0 Å². The maximum Gasteiger partial charge on any atom is 0.303 e. The summed E-state index contributed by atoms with van der Waals surface area (Å²) in [5.41, 5.74) is 4.26. The quantitative estimate of drug-likeness (QED) is 0.414. The molecule has 0 radical (unpaired) electrons. The Labute approximate surface area is 157 Å². The van der Waals surface area contributed by atoms with Crippen LogP contribution in [0.25, 0.3) is 6.08 Å². The lowest BCUT2D eigenvalue weighted by Crippen LogP contribution is -2.26. The number of carbonyl (C=O) groups excluding carboxylic acids is 1. The fourth-order valence-electron chi connectivity index (χ4n) is 3.10. The van der Waals surface area contributed by atoms with Crippen molar-refractivity contribution < 1.29 is 14.4 Å². The zero-order valence-corrected chi connectivity index (χ0v) is 15.2. The SMILES string of the molecule is Cc1ccc(CN2CC[C@@H](Nc3ccc(C=C(F)C(=O)NO)cn3)C2)cc1. The number of carbonyl (C=O) groups is 1. The van der Waals surface area contributed by atoms with E-state index in [0.717, 1.165) is 32.1 Å². The van der Waals surface area contributed by atoms with Crippen molar-refractivity contribution in [2.24, 2.45) is 0 Å². The van der Waals surface area contributed by atoms with E-state index in [1.165, 1.54) is 22.8 Å². The highest BCUT2D eigenvalue weighted by Gasteiger charge is 2.22. The van der Waals surface area contributed by atoms with Crippen molar-refractivity contribution in [2.45, 2.75) is 25.9 Å². The van der Waals surface area contributed by atoms with E-state index in [1.54, 1.807) is 12.1 Å². The van der Waals surface area contributed by atoms with E-state index < -0.39 is 11.7 Å². The molecular weight excluding hydrogens is 347 g/mol. The molecule has 7 heteroatoms. The third-order valence-corrected chi connectivity index (χ3v) is 4.55. The zero-order chi connectivity index (χ0) is 19.2. The molecule has 6 nitrogen and oxygen atoms in total. The molecule has 1 amide bonds. The van der Waals surface area contributed by atoms with Crippen LogP contribution in [0.5, 0.6) is 0 Å². The number of hydrogen-bond donors (Lipinski definition) is 3. The van der Waals surface area contributed by atoms with Crippen molar-refractivity contribution in [3.63, 3.8) is 0 Å². The molecule has 2 heterocycles. The van der Waals surface area contributed by atoms with Crippen LogP contribution in [0.2, 0.25) is 0 Å². The summed E-state index contributed by atoms with van der Waals surface area (Å²) in [5, 5.41) is 11.8. The van der Waals surface area contributed by atoms with E-state index in [-0.39, 0.29) is 0 Å². The number of anilines is 1. The van der Waals surface area contributed by atoms with Gasteiger partial charge in [-0.2, -0.15) is 0 Å². The number of hydrogen-bond acceptors (Lipinski definition) is 5. The van der Waals surface area contributed by atoms with Gasteiger partial charge in [0, 0.05) is 31.9 Å². The fraction of sp³-hybridized carbons (Fsp3) is 0.300. The maximum atomic E-state index is 13.4. The van der Waals surface area contributed by atoms with Crippen molar-refractivity contribution >= 4 is 17.8 Å². The largest absolute Gasteiger partial charge is 0.366 e. The molecule has 27 heavy (non-hydrogen) atoms. The van der Waals surface area contributed by atoms with Crippen LogP contribution in [-0.2, 0) is 11.3 Å². The normalized spacial score (nSPS) is 17.7. The van der Waals surface area contributed by atoms with Gasteiger partial charge in [-0.3, -0.25) is 14.9 Å². The van der Waals surface area contributed by atoms with Crippen molar-refractivity contribution in [1.29, 1.82) is 0 Å². The monoisotopic (exact) mass is 370 g/mol. The third-order valence-electron chi connectivity index (χ3n) is 4.55. The lowest BCUT2D eigenvalue weighted by Gasteiger charge is -2.17. The first-order valence-electron chi connectivity index (χ1n) is 8.85. The third kappa shape index (κ3) is 5.35. The summed E-state index contributed by atoms with van der Waals surface area (Å²) in [7, 11) is 0. The fourth-order valence-corrected chi connectivity index (χ4v) is 3.10. The number of benzene rings is 1. The average molecular weight is 370 g/mol. The molecule has 1 atom stereocenters. The molecule has 1 fully saturated rings.